The molecule has 1 nitrogen and oxygen atoms in total. The summed E-state index contributed by atoms with van der Waals surface area (Å²) in [6, 6.07) is 8.59. The molecular weight excluding hydrogens is 208 g/mol. The number of hydrogen-bond acceptors (Lipinski definition) is 1. The second-order valence-corrected chi connectivity index (χ2v) is 4.06. The van der Waals surface area contributed by atoms with Gasteiger partial charge in [-0.15, -0.1) is 11.6 Å². The van der Waals surface area contributed by atoms with Crippen LogP contribution < -0.4 is 0 Å². The molecule has 0 saturated heterocycles. The Morgan fingerprint density at radius 3 is 2.47 bits per heavy atom. The fourth-order valence-corrected chi connectivity index (χ4v) is 1.87. The van der Waals surface area contributed by atoms with Crippen molar-refractivity contribution in [1.29, 1.82) is 0 Å². The Labute approximate surface area is 97.4 Å². The van der Waals surface area contributed by atoms with Crippen molar-refractivity contribution in [3.05, 3.63) is 35.4 Å². The van der Waals surface area contributed by atoms with Gasteiger partial charge in [0.1, 0.15) is 0 Å². The average molecular weight is 227 g/mol. The van der Waals surface area contributed by atoms with Gasteiger partial charge in [0.15, 0.2) is 0 Å². The van der Waals surface area contributed by atoms with Gasteiger partial charge in [0.25, 0.3) is 0 Å². The molecule has 0 amide bonds. The van der Waals surface area contributed by atoms with E-state index >= 15 is 0 Å². The van der Waals surface area contributed by atoms with Gasteiger partial charge in [-0.1, -0.05) is 29.8 Å². The fraction of sp³-hybridized carbons (Fsp3) is 0.538. The number of aryl methyl sites for hydroxylation is 1. The van der Waals surface area contributed by atoms with E-state index < -0.39 is 0 Å². The predicted octanol–water partition coefficient (Wildman–Crippen LogP) is 3.74. The largest absolute Gasteiger partial charge is 0.382 e. The number of rotatable bonds is 6. The molecular formula is C13H19ClO. The third-order valence-electron chi connectivity index (χ3n) is 2.55. The summed E-state index contributed by atoms with van der Waals surface area (Å²) in [5.74, 6) is 1.08. The minimum Gasteiger partial charge on any atom is -0.382 e. The first-order valence-electron chi connectivity index (χ1n) is 5.48. The van der Waals surface area contributed by atoms with Crippen LogP contribution >= 0.6 is 11.6 Å². The van der Waals surface area contributed by atoms with Crippen LogP contribution in [0.5, 0.6) is 0 Å². The zero-order valence-corrected chi connectivity index (χ0v) is 10.3. The highest BCUT2D eigenvalue weighted by Gasteiger charge is 2.09. The van der Waals surface area contributed by atoms with Crippen molar-refractivity contribution < 1.29 is 4.74 Å². The van der Waals surface area contributed by atoms with Crippen LogP contribution in [0.1, 0.15) is 30.4 Å². The van der Waals surface area contributed by atoms with Crippen molar-refractivity contribution in [3.63, 3.8) is 0 Å². The molecule has 0 spiro atoms. The highest BCUT2D eigenvalue weighted by Crippen LogP contribution is 2.21. The molecule has 1 atom stereocenters. The molecule has 0 N–H and O–H groups in total. The zero-order chi connectivity index (χ0) is 11.1. The third kappa shape index (κ3) is 4.23. The standard InChI is InChI=1S/C13H19ClO/c1-3-15-9-8-13(10-14)12-6-4-11(2)5-7-12/h4-7,13H,3,8-10H2,1-2H3. The minimum atomic E-state index is 0.416. The number of alkyl halides is 1. The van der Waals surface area contributed by atoms with Gasteiger partial charge in [0.05, 0.1) is 0 Å². The summed E-state index contributed by atoms with van der Waals surface area (Å²) in [6.07, 6.45) is 1.00. The predicted molar refractivity (Wildman–Crippen MR) is 65.8 cm³/mol. The molecule has 0 aliphatic carbocycles. The van der Waals surface area contributed by atoms with Crippen LogP contribution in [0.3, 0.4) is 0 Å². The summed E-state index contributed by atoms with van der Waals surface area (Å²) in [6.45, 7) is 5.69. The van der Waals surface area contributed by atoms with Crippen LogP contribution in [0, 0.1) is 6.92 Å². The van der Waals surface area contributed by atoms with Crippen LogP contribution in [-0.4, -0.2) is 19.1 Å². The minimum absolute atomic E-state index is 0.416. The zero-order valence-electron chi connectivity index (χ0n) is 9.50. The number of benzene rings is 1. The van der Waals surface area contributed by atoms with Gasteiger partial charge >= 0.3 is 0 Å². The van der Waals surface area contributed by atoms with E-state index in [0.717, 1.165) is 19.6 Å². The van der Waals surface area contributed by atoms with E-state index in [2.05, 4.69) is 31.2 Å². The number of ether oxygens (including phenoxy) is 1. The molecule has 0 aliphatic heterocycles. The van der Waals surface area contributed by atoms with Crippen LogP contribution in [0.25, 0.3) is 0 Å². The van der Waals surface area contributed by atoms with Crippen LogP contribution in [0.15, 0.2) is 24.3 Å². The summed E-state index contributed by atoms with van der Waals surface area (Å²) in [5.41, 5.74) is 2.60. The molecule has 0 aromatic heterocycles. The Kier molecular flexibility index (Phi) is 5.74. The van der Waals surface area contributed by atoms with E-state index in [-0.39, 0.29) is 0 Å². The van der Waals surface area contributed by atoms with Gasteiger partial charge in [0, 0.05) is 19.1 Å². The average Bonchev–Trinajstić information content (AvgIpc) is 2.26. The normalized spacial score (nSPS) is 12.7. The van der Waals surface area contributed by atoms with Crippen molar-refractivity contribution >= 4 is 11.6 Å². The molecule has 0 heterocycles. The number of hydrogen-bond donors (Lipinski definition) is 0. The maximum Gasteiger partial charge on any atom is 0.0472 e. The molecule has 84 valence electrons. The Balaban J connectivity index is 2.53. The first-order valence-corrected chi connectivity index (χ1v) is 6.01. The lowest BCUT2D eigenvalue weighted by Crippen LogP contribution is -2.05. The summed E-state index contributed by atoms with van der Waals surface area (Å²) in [5, 5.41) is 0. The lowest BCUT2D eigenvalue weighted by molar-refractivity contribution is 0.141. The molecule has 15 heavy (non-hydrogen) atoms. The van der Waals surface area contributed by atoms with E-state index in [1.54, 1.807) is 0 Å². The highest BCUT2D eigenvalue weighted by molar-refractivity contribution is 6.18. The summed E-state index contributed by atoms with van der Waals surface area (Å²) in [4.78, 5) is 0. The molecule has 0 aliphatic rings. The molecule has 2 heteroatoms. The maximum absolute atomic E-state index is 5.97. The van der Waals surface area contributed by atoms with Crippen LogP contribution in [0.4, 0.5) is 0 Å². The lowest BCUT2D eigenvalue weighted by Gasteiger charge is -2.14. The topological polar surface area (TPSA) is 9.23 Å². The Hall–Kier alpha value is -0.530. The maximum atomic E-state index is 5.97. The second-order valence-electron chi connectivity index (χ2n) is 3.75. The van der Waals surface area contributed by atoms with Crippen molar-refractivity contribution in [3.8, 4) is 0 Å². The second kappa shape index (κ2) is 6.86. The first kappa shape index (κ1) is 12.5. The monoisotopic (exact) mass is 226 g/mol. The van der Waals surface area contributed by atoms with E-state index in [4.69, 9.17) is 16.3 Å². The van der Waals surface area contributed by atoms with Gasteiger partial charge in [-0.3, -0.25) is 0 Å². The highest BCUT2D eigenvalue weighted by atomic mass is 35.5. The SMILES string of the molecule is CCOCCC(CCl)c1ccc(C)cc1. The third-order valence-corrected chi connectivity index (χ3v) is 2.92. The molecule has 0 fully saturated rings. The van der Waals surface area contributed by atoms with E-state index in [9.17, 15) is 0 Å². The van der Waals surface area contributed by atoms with Crippen LogP contribution in [-0.2, 0) is 4.74 Å². The van der Waals surface area contributed by atoms with E-state index in [1.807, 2.05) is 6.92 Å². The molecule has 1 rings (SSSR count). The van der Waals surface area contributed by atoms with Crippen molar-refractivity contribution in [2.24, 2.45) is 0 Å². The van der Waals surface area contributed by atoms with Crippen molar-refractivity contribution in [1.82, 2.24) is 0 Å². The van der Waals surface area contributed by atoms with Gasteiger partial charge in [-0.05, 0) is 31.7 Å². The summed E-state index contributed by atoms with van der Waals surface area (Å²) in [7, 11) is 0. The first-order chi connectivity index (χ1) is 7.27. The molecule has 1 aromatic rings. The summed E-state index contributed by atoms with van der Waals surface area (Å²) < 4.78 is 5.35. The number of halogens is 1. The van der Waals surface area contributed by atoms with Gasteiger partial charge in [-0.25, -0.2) is 0 Å². The van der Waals surface area contributed by atoms with Crippen molar-refractivity contribution in [2.45, 2.75) is 26.2 Å². The van der Waals surface area contributed by atoms with Gasteiger partial charge in [-0.2, -0.15) is 0 Å². The van der Waals surface area contributed by atoms with E-state index in [1.165, 1.54) is 11.1 Å². The molecule has 0 saturated carbocycles. The van der Waals surface area contributed by atoms with Gasteiger partial charge < -0.3 is 4.74 Å². The molecule has 1 unspecified atom stereocenters. The quantitative estimate of drug-likeness (QED) is 0.530. The Bertz CT molecular complexity index is 268. The molecule has 0 bridgehead atoms. The Morgan fingerprint density at radius 2 is 1.93 bits per heavy atom. The van der Waals surface area contributed by atoms with Crippen LogP contribution in [0.2, 0.25) is 0 Å². The molecule has 0 radical (unpaired) electrons. The van der Waals surface area contributed by atoms with E-state index in [0.29, 0.717) is 11.8 Å². The molecule has 1 aromatic carbocycles. The Morgan fingerprint density at radius 1 is 1.27 bits per heavy atom. The smallest absolute Gasteiger partial charge is 0.0472 e. The van der Waals surface area contributed by atoms with Crippen molar-refractivity contribution in [2.75, 3.05) is 19.1 Å². The lowest BCUT2D eigenvalue weighted by atomic mass is 9.97. The fourth-order valence-electron chi connectivity index (χ4n) is 1.54. The summed E-state index contributed by atoms with van der Waals surface area (Å²) >= 11 is 5.97. The van der Waals surface area contributed by atoms with Gasteiger partial charge in [0.2, 0.25) is 0 Å².